The highest BCUT2D eigenvalue weighted by Crippen LogP contribution is 2.38. The number of aliphatic hydroxyl groups excluding tert-OH is 1. The molecule has 1 saturated heterocycles. The molecule has 0 amide bonds. The number of rotatable bonds is 4. The summed E-state index contributed by atoms with van der Waals surface area (Å²) in [6, 6.07) is 3.65. The zero-order chi connectivity index (χ0) is 15.0. The fraction of sp³-hybridized carbons (Fsp3) is 0.625. The molecule has 3 N–H and O–H groups in total. The second-order valence-electron chi connectivity index (χ2n) is 6.37. The van der Waals surface area contributed by atoms with E-state index >= 15 is 0 Å². The number of hydrogen-bond acceptors (Lipinski definition) is 3. The number of halogens is 2. The van der Waals surface area contributed by atoms with E-state index in [2.05, 4.69) is 4.90 Å². The summed E-state index contributed by atoms with van der Waals surface area (Å²) in [5, 5.41) is 9.90. The van der Waals surface area contributed by atoms with E-state index in [1.165, 1.54) is 6.07 Å². The number of aliphatic hydroxyl groups is 1. The third-order valence-corrected chi connectivity index (χ3v) is 5.03. The Bertz CT molecular complexity index is 511. The zero-order valence-electron chi connectivity index (χ0n) is 12.0. The van der Waals surface area contributed by atoms with Crippen LogP contribution in [0.4, 0.5) is 8.78 Å². The summed E-state index contributed by atoms with van der Waals surface area (Å²) in [6.07, 6.45) is 2.43. The van der Waals surface area contributed by atoms with Gasteiger partial charge in [0.1, 0.15) is 0 Å². The van der Waals surface area contributed by atoms with Crippen LogP contribution in [-0.2, 0) is 0 Å². The van der Waals surface area contributed by atoms with Gasteiger partial charge in [-0.25, -0.2) is 8.78 Å². The molecule has 1 aromatic rings. The first kappa shape index (κ1) is 14.9. The van der Waals surface area contributed by atoms with Crippen molar-refractivity contribution < 1.29 is 13.9 Å². The van der Waals surface area contributed by atoms with Crippen molar-refractivity contribution in [3.05, 3.63) is 35.4 Å². The van der Waals surface area contributed by atoms with Crippen LogP contribution in [0.5, 0.6) is 0 Å². The summed E-state index contributed by atoms with van der Waals surface area (Å²) < 4.78 is 26.9. The zero-order valence-corrected chi connectivity index (χ0v) is 12.0. The Labute approximate surface area is 123 Å². The molecule has 3 nitrogen and oxygen atoms in total. The first-order valence-electron chi connectivity index (χ1n) is 7.66. The maximum Gasteiger partial charge on any atom is 0.163 e. The van der Waals surface area contributed by atoms with E-state index in [0.29, 0.717) is 18.3 Å². The Hall–Kier alpha value is -1.04. The second kappa shape index (κ2) is 5.99. The Morgan fingerprint density at radius 1 is 1.29 bits per heavy atom. The minimum atomic E-state index is -0.846. The Morgan fingerprint density at radius 2 is 2.10 bits per heavy atom. The normalized spacial score (nSPS) is 30.6. The van der Waals surface area contributed by atoms with Gasteiger partial charge in [-0.3, -0.25) is 0 Å². The first-order valence-corrected chi connectivity index (χ1v) is 7.66. The molecule has 0 radical (unpaired) electrons. The number of nitrogens with zero attached hydrogens (tertiary/aromatic N) is 1. The molecule has 1 aromatic carbocycles. The quantitative estimate of drug-likeness (QED) is 0.894. The van der Waals surface area contributed by atoms with Crippen LogP contribution in [0.15, 0.2) is 18.2 Å². The van der Waals surface area contributed by atoms with Gasteiger partial charge >= 0.3 is 0 Å². The van der Waals surface area contributed by atoms with Crippen LogP contribution in [0, 0.1) is 23.5 Å². The summed E-state index contributed by atoms with van der Waals surface area (Å²) in [5.41, 5.74) is 6.25. The summed E-state index contributed by atoms with van der Waals surface area (Å²) in [6.45, 7) is 2.64. The molecule has 1 aliphatic carbocycles. The molecule has 21 heavy (non-hydrogen) atoms. The summed E-state index contributed by atoms with van der Waals surface area (Å²) in [5.74, 6) is -0.713. The molecular weight excluding hydrogens is 274 g/mol. The minimum Gasteiger partial charge on any atom is -0.393 e. The summed E-state index contributed by atoms with van der Waals surface area (Å²) >= 11 is 0. The van der Waals surface area contributed by atoms with Crippen LogP contribution in [-0.4, -0.2) is 35.7 Å². The maximum atomic E-state index is 13.7. The third-order valence-electron chi connectivity index (χ3n) is 5.03. The van der Waals surface area contributed by atoms with Gasteiger partial charge in [0.2, 0.25) is 0 Å². The summed E-state index contributed by atoms with van der Waals surface area (Å²) in [4.78, 5) is 2.29. The minimum absolute atomic E-state index is 0.172. The van der Waals surface area contributed by atoms with Crippen LogP contribution in [0.1, 0.15) is 30.9 Å². The van der Waals surface area contributed by atoms with Gasteiger partial charge < -0.3 is 15.7 Å². The molecular formula is C16H22F2N2O. The van der Waals surface area contributed by atoms with Crippen molar-refractivity contribution in [1.82, 2.24) is 4.90 Å². The van der Waals surface area contributed by atoms with Crippen LogP contribution in [0.3, 0.4) is 0 Å². The van der Waals surface area contributed by atoms with Crippen molar-refractivity contribution in [2.24, 2.45) is 17.6 Å². The van der Waals surface area contributed by atoms with Gasteiger partial charge in [-0.2, -0.15) is 0 Å². The molecule has 1 heterocycles. The van der Waals surface area contributed by atoms with Gasteiger partial charge in [-0.1, -0.05) is 12.1 Å². The van der Waals surface area contributed by atoms with Crippen molar-refractivity contribution in [2.75, 3.05) is 19.6 Å². The number of benzene rings is 1. The molecule has 2 aliphatic rings. The van der Waals surface area contributed by atoms with E-state index < -0.39 is 17.7 Å². The number of hydrogen-bond donors (Lipinski definition) is 2. The van der Waals surface area contributed by atoms with Gasteiger partial charge in [0.15, 0.2) is 11.6 Å². The molecule has 1 saturated carbocycles. The molecule has 0 spiro atoms. The third kappa shape index (κ3) is 2.96. The van der Waals surface area contributed by atoms with E-state index in [-0.39, 0.29) is 11.7 Å². The fourth-order valence-electron chi connectivity index (χ4n) is 3.80. The highest BCUT2D eigenvalue weighted by Gasteiger charge is 2.41. The number of likely N-dealkylation sites (tertiary alicyclic amines) is 1. The highest BCUT2D eigenvalue weighted by molar-refractivity contribution is 5.22. The van der Waals surface area contributed by atoms with Gasteiger partial charge in [0.05, 0.1) is 6.10 Å². The molecule has 0 bridgehead atoms. The predicted octanol–water partition coefficient (Wildman–Crippen LogP) is 2.06. The van der Waals surface area contributed by atoms with Gasteiger partial charge in [-0.05, 0) is 37.8 Å². The van der Waals surface area contributed by atoms with Crippen molar-refractivity contribution in [3.8, 4) is 0 Å². The molecule has 1 aliphatic heterocycles. The molecule has 4 unspecified atom stereocenters. The van der Waals surface area contributed by atoms with Crippen molar-refractivity contribution in [1.29, 1.82) is 0 Å². The molecule has 2 fully saturated rings. The van der Waals surface area contributed by atoms with E-state index in [4.69, 9.17) is 5.73 Å². The lowest BCUT2D eigenvalue weighted by Crippen LogP contribution is -2.28. The number of fused-ring (bicyclic) bond motifs is 1. The first-order chi connectivity index (χ1) is 10.1. The van der Waals surface area contributed by atoms with E-state index in [0.717, 1.165) is 38.5 Å². The average molecular weight is 296 g/mol. The van der Waals surface area contributed by atoms with E-state index in [9.17, 15) is 13.9 Å². The maximum absolute atomic E-state index is 13.7. The molecule has 0 aromatic heterocycles. The smallest absolute Gasteiger partial charge is 0.163 e. The van der Waals surface area contributed by atoms with Crippen LogP contribution in [0.2, 0.25) is 0 Å². The molecule has 4 atom stereocenters. The predicted molar refractivity (Wildman–Crippen MR) is 76.6 cm³/mol. The van der Waals surface area contributed by atoms with Crippen LogP contribution in [0.25, 0.3) is 0 Å². The lowest BCUT2D eigenvalue weighted by atomic mass is 10.00. The van der Waals surface area contributed by atoms with Gasteiger partial charge in [-0.15, -0.1) is 0 Å². The molecule has 5 heteroatoms. The van der Waals surface area contributed by atoms with Crippen LogP contribution < -0.4 is 5.73 Å². The largest absolute Gasteiger partial charge is 0.393 e. The Kier molecular flexibility index (Phi) is 4.24. The molecule has 116 valence electrons. The standard InChI is InChI=1S/C16H22F2N2O/c17-13-3-1-2-11(16(13)18)14(19)6-7-20-8-10-4-5-15(21)12(10)9-20/h1-3,10,12,14-15,21H,4-9,19H2. The topological polar surface area (TPSA) is 49.5 Å². The van der Waals surface area contributed by atoms with Crippen molar-refractivity contribution >= 4 is 0 Å². The van der Waals surface area contributed by atoms with E-state index in [1.807, 2.05) is 0 Å². The highest BCUT2D eigenvalue weighted by atomic mass is 19.2. The van der Waals surface area contributed by atoms with Gasteiger partial charge in [0.25, 0.3) is 0 Å². The Balaban J connectivity index is 1.55. The lowest BCUT2D eigenvalue weighted by Gasteiger charge is -2.20. The lowest BCUT2D eigenvalue weighted by molar-refractivity contribution is 0.124. The second-order valence-corrected chi connectivity index (χ2v) is 6.37. The van der Waals surface area contributed by atoms with Crippen LogP contribution >= 0.6 is 0 Å². The van der Waals surface area contributed by atoms with Crippen molar-refractivity contribution in [3.63, 3.8) is 0 Å². The van der Waals surface area contributed by atoms with E-state index in [1.54, 1.807) is 6.07 Å². The average Bonchev–Trinajstić information content (AvgIpc) is 3.01. The van der Waals surface area contributed by atoms with Gasteiger partial charge in [0, 0.05) is 30.6 Å². The van der Waals surface area contributed by atoms with Crippen molar-refractivity contribution in [2.45, 2.75) is 31.4 Å². The number of nitrogens with two attached hydrogens (primary N) is 1. The Morgan fingerprint density at radius 3 is 2.86 bits per heavy atom. The summed E-state index contributed by atoms with van der Waals surface area (Å²) in [7, 11) is 0. The molecule has 3 rings (SSSR count). The SMILES string of the molecule is NC(CCN1CC2CCC(O)C2C1)c1cccc(F)c1F. The monoisotopic (exact) mass is 296 g/mol. The fourth-order valence-corrected chi connectivity index (χ4v) is 3.80.